The van der Waals surface area contributed by atoms with Crippen LogP contribution in [0.5, 0.6) is 0 Å². The molecule has 0 saturated carbocycles. The molecule has 0 amide bonds. The van der Waals surface area contributed by atoms with Crippen LogP contribution < -0.4 is 4.72 Å². The van der Waals surface area contributed by atoms with Gasteiger partial charge in [0.2, 0.25) is 0 Å². The molecule has 7 heteroatoms. The maximum atomic E-state index is 12.2. The largest absolute Gasteiger partial charge is 0.279 e. The van der Waals surface area contributed by atoms with E-state index in [1.54, 1.807) is 48.5 Å². The molecule has 0 heterocycles. The number of sulfonamides is 1. The predicted molar refractivity (Wildman–Crippen MR) is 89.0 cm³/mol. The minimum atomic E-state index is -3.99. The molecule has 0 saturated heterocycles. The molecule has 2 rings (SSSR count). The van der Waals surface area contributed by atoms with E-state index in [9.17, 15) is 8.42 Å². The van der Waals surface area contributed by atoms with E-state index in [1.165, 1.54) is 12.1 Å². The first-order valence-corrected chi connectivity index (χ1v) is 8.31. The van der Waals surface area contributed by atoms with Crippen LogP contribution in [0.15, 0.2) is 53.4 Å². The number of halogens is 2. The van der Waals surface area contributed by atoms with Gasteiger partial charge in [-0.05, 0) is 35.9 Å². The number of nitrogens with one attached hydrogen (secondary N) is 1. The van der Waals surface area contributed by atoms with Crippen molar-refractivity contribution < 1.29 is 8.42 Å². The number of para-hydroxylation sites is 1. The Morgan fingerprint density at radius 3 is 2.41 bits per heavy atom. The molecule has 112 valence electrons. The Bertz CT molecular complexity index is 857. The number of benzene rings is 2. The van der Waals surface area contributed by atoms with Crippen molar-refractivity contribution in [3.8, 4) is 6.07 Å². The summed E-state index contributed by atoms with van der Waals surface area (Å²) in [7, 11) is -3.99. The van der Waals surface area contributed by atoms with E-state index in [2.05, 4.69) is 4.72 Å². The highest BCUT2D eigenvalue weighted by Crippen LogP contribution is 2.24. The van der Waals surface area contributed by atoms with Gasteiger partial charge in [-0.15, -0.1) is 0 Å². The van der Waals surface area contributed by atoms with Crippen molar-refractivity contribution in [2.24, 2.45) is 0 Å². The molecule has 0 bridgehead atoms. The van der Waals surface area contributed by atoms with Crippen molar-refractivity contribution in [2.45, 2.75) is 0 Å². The average molecular weight is 353 g/mol. The average Bonchev–Trinajstić information content (AvgIpc) is 2.46. The van der Waals surface area contributed by atoms with Crippen LogP contribution in [0, 0.1) is 11.3 Å². The van der Waals surface area contributed by atoms with E-state index in [-0.39, 0.29) is 5.02 Å². The van der Waals surface area contributed by atoms with Crippen molar-refractivity contribution in [1.82, 2.24) is 0 Å². The summed E-state index contributed by atoms with van der Waals surface area (Å²) in [5.41, 5.74) is 0.756. The number of hydrogen-bond acceptors (Lipinski definition) is 3. The van der Waals surface area contributed by atoms with Crippen molar-refractivity contribution in [1.29, 1.82) is 5.26 Å². The standard InChI is InChI=1S/C15H10Cl2N2O2S/c16-12-7-6-11(15(17)9-12)8-14(10-18)22(20,21)19-13-4-2-1-3-5-13/h1-9,19H/b14-8+. The number of rotatable bonds is 4. The highest BCUT2D eigenvalue weighted by molar-refractivity contribution is 7.96. The van der Waals surface area contributed by atoms with Gasteiger partial charge in [0.25, 0.3) is 10.0 Å². The molecule has 0 aliphatic rings. The minimum absolute atomic E-state index is 0.259. The van der Waals surface area contributed by atoms with Gasteiger partial charge >= 0.3 is 0 Å². The van der Waals surface area contributed by atoms with Crippen LogP contribution >= 0.6 is 23.2 Å². The SMILES string of the molecule is N#C/C(=C\c1ccc(Cl)cc1Cl)S(=O)(=O)Nc1ccccc1. The fourth-order valence-corrected chi connectivity index (χ4v) is 3.07. The summed E-state index contributed by atoms with van der Waals surface area (Å²) in [4.78, 5) is -0.444. The summed E-state index contributed by atoms with van der Waals surface area (Å²) < 4.78 is 26.8. The normalized spacial score (nSPS) is 11.8. The molecule has 22 heavy (non-hydrogen) atoms. The first kappa shape index (κ1) is 16.4. The smallest absolute Gasteiger partial charge is 0.272 e. The molecule has 2 aromatic rings. The van der Waals surface area contributed by atoms with E-state index in [0.29, 0.717) is 16.3 Å². The molecule has 4 nitrogen and oxygen atoms in total. The van der Waals surface area contributed by atoms with Crippen LogP contribution in [0.4, 0.5) is 5.69 Å². The van der Waals surface area contributed by atoms with Gasteiger partial charge < -0.3 is 0 Å². The van der Waals surface area contributed by atoms with Gasteiger partial charge in [-0.1, -0.05) is 47.5 Å². The molecule has 0 unspecified atom stereocenters. The minimum Gasteiger partial charge on any atom is -0.279 e. The van der Waals surface area contributed by atoms with Crippen LogP contribution in [0.3, 0.4) is 0 Å². The van der Waals surface area contributed by atoms with Gasteiger partial charge in [-0.3, -0.25) is 4.72 Å². The van der Waals surface area contributed by atoms with Crippen molar-refractivity contribution in [3.63, 3.8) is 0 Å². The Labute approximate surface area is 138 Å². The zero-order valence-corrected chi connectivity index (χ0v) is 13.5. The number of allylic oxidation sites excluding steroid dienone is 1. The third-order valence-electron chi connectivity index (χ3n) is 2.67. The second kappa shape index (κ2) is 6.84. The molecule has 0 aromatic heterocycles. The summed E-state index contributed by atoms with van der Waals surface area (Å²) in [6, 6.07) is 14.5. The van der Waals surface area contributed by atoms with Crippen LogP contribution in [0.2, 0.25) is 10.0 Å². The van der Waals surface area contributed by atoms with E-state index < -0.39 is 14.9 Å². The van der Waals surface area contributed by atoms with Gasteiger partial charge in [0.15, 0.2) is 4.91 Å². The Morgan fingerprint density at radius 1 is 1.14 bits per heavy atom. The quantitative estimate of drug-likeness (QED) is 0.833. The number of anilines is 1. The van der Waals surface area contributed by atoms with Gasteiger partial charge in [-0.2, -0.15) is 5.26 Å². The first-order chi connectivity index (χ1) is 10.4. The zero-order valence-electron chi connectivity index (χ0n) is 11.1. The van der Waals surface area contributed by atoms with Gasteiger partial charge in [0.05, 0.1) is 0 Å². The Kier molecular flexibility index (Phi) is 5.09. The summed E-state index contributed by atoms with van der Waals surface area (Å²) in [5.74, 6) is 0. The molecule has 0 atom stereocenters. The van der Waals surface area contributed by atoms with E-state index >= 15 is 0 Å². The summed E-state index contributed by atoms with van der Waals surface area (Å²) >= 11 is 11.8. The highest BCUT2D eigenvalue weighted by Gasteiger charge is 2.18. The third-order valence-corrected chi connectivity index (χ3v) is 4.53. The number of nitriles is 1. The Morgan fingerprint density at radius 2 is 1.82 bits per heavy atom. The van der Waals surface area contributed by atoms with Crippen LogP contribution in [-0.4, -0.2) is 8.42 Å². The number of hydrogen-bond donors (Lipinski definition) is 1. The molecule has 0 fully saturated rings. The molecular weight excluding hydrogens is 343 g/mol. The Hall–Kier alpha value is -2.00. The lowest BCUT2D eigenvalue weighted by Gasteiger charge is -2.07. The summed E-state index contributed by atoms with van der Waals surface area (Å²) in [6.45, 7) is 0. The lowest BCUT2D eigenvalue weighted by molar-refractivity contribution is 0.608. The van der Waals surface area contributed by atoms with Gasteiger partial charge in [0.1, 0.15) is 6.07 Å². The molecule has 0 aliphatic heterocycles. The van der Waals surface area contributed by atoms with Crippen LogP contribution in [0.1, 0.15) is 5.56 Å². The molecule has 0 spiro atoms. The fraction of sp³-hybridized carbons (Fsp3) is 0. The maximum absolute atomic E-state index is 12.2. The molecule has 2 aromatic carbocycles. The van der Waals surface area contributed by atoms with Crippen molar-refractivity contribution in [2.75, 3.05) is 4.72 Å². The lowest BCUT2D eigenvalue weighted by Crippen LogP contribution is -2.14. The second-order valence-electron chi connectivity index (χ2n) is 4.26. The zero-order chi connectivity index (χ0) is 16.2. The van der Waals surface area contributed by atoms with Crippen LogP contribution in [-0.2, 0) is 10.0 Å². The monoisotopic (exact) mass is 352 g/mol. The third kappa shape index (κ3) is 4.01. The lowest BCUT2D eigenvalue weighted by atomic mass is 10.2. The first-order valence-electron chi connectivity index (χ1n) is 6.07. The second-order valence-corrected chi connectivity index (χ2v) is 6.75. The molecular formula is C15H10Cl2N2O2S. The van der Waals surface area contributed by atoms with E-state index in [4.69, 9.17) is 28.5 Å². The Balaban J connectivity index is 2.38. The van der Waals surface area contributed by atoms with Crippen molar-refractivity contribution in [3.05, 3.63) is 69.0 Å². The maximum Gasteiger partial charge on any atom is 0.272 e. The van der Waals surface area contributed by atoms with Crippen molar-refractivity contribution >= 4 is 45.0 Å². The van der Waals surface area contributed by atoms with Gasteiger partial charge in [0, 0.05) is 15.7 Å². The summed E-state index contributed by atoms with van der Waals surface area (Å²) in [6.07, 6.45) is 1.20. The fourth-order valence-electron chi connectivity index (χ4n) is 1.65. The van der Waals surface area contributed by atoms with E-state index in [1.807, 2.05) is 0 Å². The van der Waals surface area contributed by atoms with Crippen LogP contribution in [0.25, 0.3) is 6.08 Å². The topological polar surface area (TPSA) is 70.0 Å². The van der Waals surface area contributed by atoms with Gasteiger partial charge in [-0.25, -0.2) is 8.42 Å². The molecule has 1 N–H and O–H groups in total. The predicted octanol–water partition coefficient (Wildman–Crippen LogP) is 4.30. The highest BCUT2D eigenvalue weighted by atomic mass is 35.5. The summed E-state index contributed by atoms with van der Waals surface area (Å²) in [5, 5.41) is 9.82. The molecule has 0 radical (unpaired) electrons. The van der Waals surface area contributed by atoms with E-state index in [0.717, 1.165) is 0 Å². The molecule has 0 aliphatic carbocycles. The number of nitrogens with zero attached hydrogens (tertiary/aromatic N) is 1.